The molecule has 1 aromatic carbocycles. The summed E-state index contributed by atoms with van der Waals surface area (Å²) in [6.07, 6.45) is 1.54. The fraction of sp³-hybridized carbons (Fsp3) is 0.231. The molecule has 0 aliphatic carbocycles. The van der Waals surface area contributed by atoms with E-state index >= 15 is 0 Å². The van der Waals surface area contributed by atoms with E-state index in [0.717, 1.165) is 11.3 Å². The first-order valence-corrected chi connectivity index (χ1v) is 7.02. The molecule has 2 rings (SSSR count). The molecule has 19 heavy (non-hydrogen) atoms. The summed E-state index contributed by atoms with van der Waals surface area (Å²) in [7, 11) is 1.59. The average Bonchev–Trinajstić information content (AvgIpc) is 2.40. The van der Waals surface area contributed by atoms with Gasteiger partial charge in [-0.05, 0) is 47.7 Å². The minimum Gasteiger partial charge on any atom is -0.496 e. The second-order valence-corrected chi connectivity index (χ2v) is 5.55. The van der Waals surface area contributed by atoms with E-state index in [1.807, 2.05) is 29.5 Å². The van der Waals surface area contributed by atoms with Gasteiger partial charge in [-0.25, -0.2) is 4.98 Å². The lowest BCUT2D eigenvalue weighted by Gasteiger charge is -2.11. The smallest absolute Gasteiger partial charge is 0.267 e. The molecular weight excluding hydrogens is 379 g/mol. The molecule has 4 nitrogen and oxygen atoms in total. The van der Waals surface area contributed by atoms with Crippen LogP contribution in [-0.4, -0.2) is 16.7 Å². The molecule has 6 heteroatoms. The lowest BCUT2D eigenvalue weighted by molar-refractivity contribution is 0.408. The van der Waals surface area contributed by atoms with Crippen molar-refractivity contribution in [3.8, 4) is 5.75 Å². The van der Waals surface area contributed by atoms with Crippen molar-refractivity contribution in [3.05, 3.63) is 54.7 Å². The van der Waals surface area contributed by atoms with Gasteiger partial charge in [0.25, 0.3) is 5.56 Å². The van der Waals surface area contributed by atoms with Gasteiger partial charge in [0, 0.05) is 10.6 Å². The Labute approximate surface area is 129 Å². The van der Waals surface area contributed by atoms with E-state index < -0.39 is 0 Å². The second kappa shape index (κ2) is 5.92. The molecule has 0 spiro atoms. The number of benzene rings is 1. The normalized spacial score (nSPS) is 10.5. The summed E-state index contributed by atoms with van der Waals surface area (Å²) in [5.74, 6) is 0.701. The van der Waals surface area contributed by atoms with Crippen molar-refractivity contribution in [2.75, 3.05) is 7.11 Å². The summed E-state index contributed by atoms with van der Waals surface area (Å²) >= 11 is 7.99. The molecule has 0 amide bonds. The Morgan fingerprint density at radius 2 is 2.21 bits per heavy atom. The van der Waals surface area contributed by atoms with Crippen molar-refractivity contribution in [2.45, 2.75) is 13.5 Å². The fourth-order valence-electron chi connectivity index (χ4n) is 1.71. The molecule has 1 aromatic heterocycles. The number of ether oxygens (including phenoxy) is 1. The van der Waals surface area contributed by atoms with Crippen LogP contribution in [0.2, 0.25) is 5.02 Å². The van der Waals surface area contributed by atoms with E-state index in [9.17, 15) is 4.79 Å². The zero-order valence-corrected chi connectivity index (χ0v) is 13.4. The first kappa shape index (κ1) is 14.3. The Hall–Kier alpha value is -1.08. The number of hydrogen-bond donors (Lipinski definition) is 0. The largest absolute Gasteiger partial charge is 0.496 e. The molecule has 0 N–H and O–H groups in total. The van der Waals surface area contributed by atoms with Crippen molar-refractivity contribution >= 4 is 34.2 Å². The number of hydrogen-bond acceptors (Lipinski definition) is 3. The van der Waals surface area contributed by atoms with Gasteiger partial charge >= 0.3 is 0 Å². The van der Waals surface area contributed by atoms with Crippen molar-refractivity contribution < 1.29 is 4.74 Å². The van der Waals surface area contributed by atoms with Crippen LogP contribution in [-0.2, 0) is 6.54 Å². The highest BCUT2D eigenvalue weighted by atomic mass is 127. The third-order valence-corrected chi connectivity index (χ3v) is 4.22. The highest BCUT2D eigenvalue weighted by Gasteiger charge is 2.09. The number of aromatic nitrogens is 2. The third-order valence-electron chi connectivity index (χ3n) is 2.74. The molecule has 2 aromatic rings. The lowest BCUT2D eigenvalue weighted by Crippen LogP contribution is -2.24. The maximum absolute atomic E-state index is 12.1. The number of methoxy groups -OCH3 is 1. The number of aryl methyl sites for hydroxylation is 1. The predicted octanol–water partition coefficient (Wildman–Crippen LogP) is 2.87. The molecule has 100 valence electrons. The molecule has 1 heterocycles. The van der Waals surface area contributed by atoms with Crippen molar-refractivity contribution in [2.24, 2.45) is 0 Å². The van der Waals surface area contributed by atoms with Gasteiger partial charge in [0.1, 0.15) is 5.75 Å². The number of halogens is 2. The van der Waals surface area contributed by atoms with Crippen LogP contribution in [0.1, 0.15) is 11.3 Å². The van der Waals surface area contributed by atoms with Gasteiger partial charge in [0.05, 0.1) is 29.2 Å². The SMILES string of the molecule is COc1ccc(Cl)cc1Cn1cnc(C)c(I)c1=O. The van der Waals surface area contributed by atoms with E-state index in [1.165, 1.54) is 0 Å². The molecule has 0 aliphatic rings. The standard InChI is InChI=1S/C13H12ClIN2O2/c1-8-12(15)13(18)17(7-16-8)6-9-5-10(14)3-4-11(9)19-2/h3-5,7H,6H2,1-2H3. The van der Waals surface area contributed by atoms with E-state index in [0.29, 0.717) is 20.9 Å². The quantitative estimate of drug-likeness (QED) is 0.757. The van der Waals surface area contributed by atoms with Crippen LogP contribution in [0.15, 0.2) is 29.3 Å². The molecule has 0 fully saturated rings. The molecule has 0 radical (unpaired) electrons. The molecule has 0 saturated heterocycles. The first-order valence-electron chi connectivity index (χ1n) is 5.57. The van der Waals surface area contributed by atoms with Crippen LogP contribution in [0.3, 0.4) is 0 Å². The summed E-state index contributed by atoms with van der Waals surface area (Å²) in [4.78, 5) is 16.3. The van der Waals surface area contributed by atoms with Crippen LogP contribution >= 0.6 is 34.2 Å². The van der Waals surface area contributed by atoms with Gasteiger partial charge in [-0.3, -0.25) is 9.36 Å². The third kappa shape index (κ3) is 3.09. The summed E-state index contributed by atoms with van der Waals surface area (Å²) in [6, 6.07) is 5.33. The van der Waals surface area contributed by atoms with Gasteiger partial charge in [-0.1, -0.05) is 11.6 Å². The molecule has 0 aliphatic heterocycles. The average molecular weight is 391 g/mol. The van der Waals surface area contributed by atoms with Crippen molar-refractivity contribution in [1.82, 2.24) is 9.55 Å². The second-order valence-electron chi connectivity index (χ2n) is 4.03. The number of rotatable bonds is 3. The maximum Gasteiger partial charge on any atom is 0.267 e. The first-order chi connectivity index (χ1) is 9.02. The van der Waals surface area contributed by atoms with Crippen LogP contribution in [0.4, 0.5) is 0 Å². The Bertz CT molecular complexity index is 670. The van der Waals surface area contributed by atoms with Crippen LogP contribution in [0, 0.1) is 10.5 Å². The summed E-state index contributed by atoms with van der Waals surface area (Å²) in [6.45, 7) is 2.19. The Morgan fingerprint density at radius 3 is 2.89 bits per heavy atom. The summed E-state index contributed by atoms with van der Waals surface area (Å²) < 4.78 is 7.44. The topological polar surface area (TPSA) is 44.1 Å². The van der Waals surface area contributed by atoms with E-state index in [-0.39, 0.29) is 5.56 Å². The maximum atomic E-state index is 12.1. The van der Waals surface area contributed by atoms with Crippen LogP contribution in [0.25, 0.3) is 0 Å². The Balaban J connectivity index is 2.44. The highest BCUT2D eigenvalue weighted by Crippen LogP contribution is 2.23. The monoisotopic (exact) mass is 390 g/mol. The van der Waals surface area contributed by atoms with Crippen molar-refractivity contribution in [1.29, 1.82) is 0 Å². The minimum absolute atomic E-state index is 0.0601. The van der Waals surface area contributed by atoms with Gasteiger partial charge in [-0.15, -0.1) is 0 Å². The predicted molar refractivity (Wildman–Crippen MR) is 83.1 cm³/mol. The number of nitrogens with zero attached hydrogens (tertiary/aromatic N) is 2. The highest BCUT2D eigenvalue weighted by molar-refractivity contribution is 14.1. The zero-order chi connectivity index (χ0) is 14.0. The zero-order valence-electron chi connectivity index (χ0n) is 10.5. The molecule has 0 bridgehead atoms. The Kier molecular flexibility index (Phi) is 4.46. The van der Waals surface area contributed by atoms with Gasteiger partial charge in [-0.2, -0.15) is 0 Å². The molecule has 0 atom stereocenters. The van der Waals surface area contributed by atoms with E-state index in [4.69, 9.17) is 16.3 Å². The Morgan fingerprint density at radius 1 is 1.47 bits per heavy atom. The van der Waals surface area contributed by atoms with Gasteiger partial charge < -0.3 is 4.74 Å². The van der Waals surface area contributed by atoms with Gasteiger partial charge in [0.2, 0.25) is 0 Å². The van der Waals surface area contributed by atoms with Crippen LogP contribution < -0.4 is 10.3 Å². The molecular formula is C13H12ClIN2O2. The fourth-order valence-corrected chi connectivity index (χ4v) is 2.36. The summed E-state index contributed by atoms with van der Waals surface area (Å²) in [5, 5.41) is 0.610. The van der Waals surface area contributed by atoms with Crippen LogP contribution in [0.5, 0.6) is 5.75 Å². The van der Waals surface area contributed by atoms with Crippen molar-refractivity contribution in [3.63, 3.8) is 0 Å². The summed E-state index contributed by atoms with van der Waals surface area (Å²) in [5.41, 5.74) is 1.52. The van der Waals surface area contributed by atoms with E-state index in [2.05, 4.69) is 4.98 Å². The molecule has 0 saturated carbocycles. The lowest BCUT2D eigenvalue weighted by atomic mass is 10.2. The minimum atomic E-state index is -0.0601. The molecule has 0 unspecified atom stereocenters. The van der Waals surface area contributed by atoms with Gasteiger partial charge in [0.15, 0.2) is 0 Å². The van der Waals surface area contributed by atoms with E-state index in [1.54, 1.807) is 36.2 Å².